The van der Waals surface area contributed by atoms with Crippen LogP contribution in [0.4, 0.5) is 0 Å². The second-order valence-corrected chi connectivity index (χ2v) is 6.23. The SMILES string of the molecule is CCCNC(=NCc1ccccc1CN1CCCCC1)NCC.I. The van der Waals surface area contributed by atoms with E-state index in [1.807, 2.05) is 0 Å². The molecule has 0 amide bonds. The normalized spacial score (nSPS) is 15.7. The van der Waals surface area contributed by atoms with Crippen molar-refractivity contribution in [1.82, 2.24) is 15.5 Å². The maximum atomic E-state index is 4.75. The molecule has 1 aliphatic heterocycles. The Morgan fingerprint density at radius 2 is 1.75 bits per heavy atom. The molecule has 24 heavy (non-hydrogen) atoms. The van der Waals surface area contributed by atoms with Crippen LogP contribution in [0.3, 0.4) is 0 Å². The van der Waals surface area contributed by atoms with Crippen LogP contribution in [0.15, 0.2) is 29.3 Å². The van der Waals surface area contributed by atoms with Gasteiger partial charge < -0.3 is 10.6 Å². The highest BCUT2D eigenvalue weighted by Gasteiger charge is 2.12. The van der Waals surface area contributed by atoms with Crippen LogP contribution in [0.25, 0.3) is 0 Å². The Kier molecular flexibility index (Phi) is 11.1. The summed E-state index contributed by atoms with van der Waals surface area (Å²) in [5, 5.41) is 6.69. The Labute approximate surface area is 164 Å². The average molecular weight is 444 g/mol. The predicted octanol–water partition coefficient (Wildman–Crippen LogP) is 3.76. The van der Waals surface area contributed by atoms with Crippen molar-refractivity contribution in [2.24, 2.45) is 4.99 Å². The molecule has 1 aromatic carbocycles. The summed E-state index contributed by atoms with van der Waals surface area (Å²) in [4.78, 5) is 7.33. The second kappa shape index (κ2) is 12.5. The number of benzene rings is 1. The average Bonchev–Trinajstić information content (AvgIpc) is 2.59. The second-order valence-electron chi connectivity index (χ2n) is 6.23. The Bertz CT molecular complexity index is 484. The fourth-order valence-electron chi connectivity index (χ4n) is 2.97. The monoisotopic (exact) mass is 444 g/mol. The molecule has 0 unspecified atom stereocenters. The van der Waals surface area contributed by atoms with Gasteiger partial charge in [-0.3, -0.25) is 4.90 Å². The van der Waals surface area contributed by atoms with E-state index in [4.69, 9.17) is 4.99 Å². The summed E-state index contributed by atoms with van der Waals surface area (Å²) in [6.45, 7) is 10.4. The molecule has 0 saturated carbocycles. The summed E-state index contributed by atoms with van der Waals surface area (Å²) in [6.07, 6.45) is 5.17. The van der Waals surface area contributed by atoms with Crippen LogP contribution in [-0.4, -0.2) is 37.0 Å². The molecule has 1 heterocycles. The zero-order valence-electron chi connectivity index (χ0n) is 15.2. The summed E-state index contributed by atoms with van der Waals surface area (Å²) < 4.78 is 0. The first-order valence-corrected chi connectivity index (χ1v) is 9.14. The highest BCUT2D eigenvalue weighted by atomic mass is 127. The number of hydrogen-bond acceptors (Lipinski definition) is 2. The van der Waals surface area contributed by atoms with Crippen LogP contribution in [0.2, 0.25) is 0 Å². The van der Waals surface area contributed by atoms with Gasteiger partial charge in [-0.2, -0.15) is 0 Å². The molecule has 1 aromatic rings. The van der Waals surface area contributed by atoms with Crippen molar-refractivity contribution in [1.29, 1.82) is 0 Å². The van der Waals surface area contributed by atoms with Crippen LogP contribution in [-0.2, 0) is 13.1 Å². The number of halogens is 1. The van der Waals surface area contributed by atoms with E-state index in [-0.39, 0.29) is 24.0 Å². The lowest BCUT2D eigenvalue weighted by atomic mass is 10.1. The van der Waals surface area contributed by atoms with Gasteiger partial charge in [0.1, 0.15) is 0 Å². The Hall–Kier alpha value is -0.820. The smallest absolute Gasteiger partial charge is 0.191 e. The quantitative estimate of drug-likeness (QED) is 0.382. The van der Waals surface area contributed by atoms with Crippen molar-refractivity contribution in [3.05, 3.63) is 35.4 Å². The van der Waals surface area contributed by atoms with E-state index < -0.39 is 0 Å². The van der Waals surface area contributed by atoms with Gasteiger partial charge in [-0.05, 0) is 50.4 Å². The predicted molar refractivity (Wildman–Crippen MR) is 114 cm³/mol. The van der Waals surface area contributed by atoms with E-state index in [0.29, 0.717) is 0 Å². The summed E-state index contributed by atoms with van der Waals surface area (Å²) >= 11 is 0. The standard InChI is InChI=1S/C19H32N4.HI/c1-3-12-21-19(20-4-2)22-15-17-10-6-7-11-18(17)16-23-13-8-5-9-14-23;/h6-7,10-11H,3-5,8-9,12-16H2,1-2H3,(H2,20,21,22);1H. The molecular formula is C19H33IN4. The molecule has 0 radical (unpaired) electrons. The van der Waals surface area contributed by atoms with Gasteiger partial charge in [-0.25, -0.2) is 4.99 Å². The van der Waals surface area contributed by atoms with Gasteiger partial charge in [0.05, 0.1) is 6.54 Å². The molecule has 1 fully saturated rings. The highest BCUT2D eigenvalue weighted by molar-refractivity contribution is 14.0. The van der Waals surface area contributed by atoms with Gasteiger partial charge in [-0.15, -0.1) is 24.0 Å². The number of nitrogens with one attached hydrogen (secondary N) is 2. The summed E-state index contributed by atoms with van der Waals surface area (Å²) in [6, 6.07) is 8.74. The first kappa shape index (κ1) is 21.2. The van der Waals surface area contributed by atoms with Crippen LogP contribution in [0.1, 0.15) is 50.7 Å². The van der Waals surface area contributed by atoms with Crippen LogP contribution in [0, 0.1) is 0 Å². The van der Waals surface area contributed by atoms with E-state index >= 15 is 0 Å². The van der Waals surface area contributed by atoms with Crippen molar-refractivity contribution in [2.45, 2.75) is 52.6 Å². The Balaban J connectivity index is 0.00000288. The number of rotatable bonds is 7. The van der Waals surface area contributed by atoms with Crippen molar-refractivity contribution >= 4 is 29.9 Å². The molecule has 2 N–H and O–H groups in total. The molecule has 0 aromatic heterocycles. The topological polar surface area (TPSA) is 39.7 Å². The maximum Gasteiger partial charge on any atom is 0.191 e. The molecular weight excluding hydrogens is 411 g/mol. The summed E-state index contributed by atoms with van der Waals surface area (Å²) in [5.74, 6) is 0.919. The number of guanidine groups is 1. The Morgan fingerprint density at radius 1 is 1.04 bits per heavy atom. The van der Waals surface area contributed by atoms with Crippen LogP contribution in [0.5, 0.6) is 0 Å². The largest absolute Gasteiger partial charge is 0.357 e. The third-order valence-corrected chi connectivity index (χ3v) is 4.26. The molecule has 0 aliphatic carbocycles. The number of aliphatic imine (C=N–C) groups is 1. The van der Waals surface area contributed by atoms with Gasteiger partial charge in [0.15, 0.2) is 5.96 Å². The first-order valence-electron chi connectivity index (χ1n) is 9.14. The molecule has 136 valence electrons. The molecule has 4 nitrogen and oxygen atoms in total. The molecule has 1 saturated heterocycles. The fourth-order valence-corrected chi connectivity index (χ4v) is 2.97. The van der Waals surface area contributed by atoms with E-state index in [9.17, 15) is 0 Å². The number of likely N-dealkylation sites (tertiary alicyclic amines) is 1. The molecule has 2 rings (SSSR count). The van der Waals surface area contributed by atoms with Crippen molar-refractivity contribution in [3.63, 3.8) is 0 Å². The third kappa shape index (κ3) is 7.38. The van der Waals surface area contributed by atoms with Gasteiger partial charge in [0.2, 0.25) is 0 Å². The summed E-state index contributed by atoms with van der Waals surface area (Å²) in [7, 11) is 0. The van der Waals surface area contributed by atoms with E-state index in [0.717, 1.165) is 38.6 Å². The van der Waals surface area contributed by atoms with E-state index in [2.05, 4.69) is 53.6 Å². The van der Waals surface area contributed by atoms with Gasteiger partial charge in [0.25, 0.3) is 0 Å². The van der Waals surface area contributed by atoms with Crippen LogP contribution >= 0.6 is 24.0 Å². The lowest BCUT2D eigenvalue weighted by Gasteiger charge is -2.27. The Morgan fingerprint density at radius 3 is 2.42 bits per heavy atom. The number of hydrogen-bond donors (Lipinski definition) is 2. The maximum absolute atomic E-state index is 4.75. The lowest BCUT2D eigenvalue weighted by Crippen LogP contribution is -2.37. The lowest BCUT2D eigenvalue weighted by molar-refractivity contribution is 0.220. The third-order valence-electron chi connectivity index (χ3n) is 4.26. The fraction of sp³-hybridized carbons (Fsp3) is 0.632. The van der Waals surface area contributed by atoms with E-state index in [1.165, 1.54) is 43.5 Å². The van der Waals surface area contributed by atoms with Gasteiger partial charge in [-0.1, -0.05) is 37.6 Å². The minimum Gasteiger partial charge on any atom is -0.357 e. The molecule has 1 aliphatic rings. The molecule has 0 atom stereocenters. The van der Waals surface area contributed by atoms with Crippen molar-refractivity contribution < 1.29 is 0 Å². The summed E-state index contributed by atoms with van der Waals surface area (Å²) in [5.41, 5.74) is 2.76. The molecule has 5 heteroatoms. The minimum absolute atomic E-state index is 0. The zero-order valence-corrected chi connectivity index (χ0v) is 17.5. The zero-order chi connectivity index (χ0) is 16.3. The molecule has 0 spiro atoms. The van der Waals surface area contributed by atoms with Gasteiger partial charge >= 0.3 is 0 Å². The minimum atomic E-state index is 0. The number of piperidine rings is 1. The first-order chi connectivity index (χ1) is 11.3. The van der Waals surface area contributed by atoms with Crippen molar-refractivity contribution in [3.8, 4) is 0 Å². The van der Waals surface area contributed by atoms with E-state index in [1.54, 1.807) is 0 Å². The van der Waals surface area contributed by atoms with Crippen LogP contribution < -0.4 is 10.6 Å². The van der Waals surface area contributed by atoms with Crippen molar-refractivity contribution in [2.75, 3.05) is 26.2 Å². The molecule has 0 bridgehead atoms. The van der Waals surface area contributed by atoms with Gasteiger partial charge in [0, 0.05) is 19.6 Å². The highest BCUT2D eigenvalue weighted by Crippen LogP contribution is 2.16. The number of nitrogens with zero attached hydrogens (tertiary/aromatic N) is 2.